The molecule has 1 atom stereocenters. The Balaban J connectivity index is 2.55. The number of carbonyl (C=O) groups is 2. The third-order valence-corrected chi connectivity index (χ3v) is 3.76. The highest BCUT2D eigenvalue weighted by molar-refractivity contribution is 6.20. The van der Waals surface area contributed by atoms with Gasteiger partial charge in [0.1, 0.15) is 0 Å². The average molecular weight is 323 g/mol. The van der Waals surface area contributed by atoms with Crippen LogP contribution in [0.15, 0.2) is 41.6 Å². The zero-order chi connectivity index (χ0) is 16.1. The van der Waals surface area contributed by atoms with Crippen molar-refractivity contribution in [1.82, 2.24) is 10.2 Å². The molecule has 1 heterocycles. The van der Waals surface area contributed by atoms with E-state index in [1.807, 2.05) is 37.3 Å². The monoisotopic (exact) mass is 322 g/mol. The van der Waals surface area contributed by atoms with Crippen LogP contribution in [0.25, 0.3) is 0 Å². The highest BCUT2D eigenvalue weighted by atomic mass is 35.5. The Morgan fingerprint density at radius 3 is 2.55 bits per heavy atom. The van der Waals surface area contributed by atoms with E-state index in [2.05, 4.69) is 5.32 Å². The van der Waals surface area contributed by atoms with E-state index in [0.717, 1.165) is 5.56 Å². The zero-order valence-corrected chi connectivity index (χ0v) is 13.4. The summed E-state index contributed by atoms with van der Waals surface area (Å²) in [7, 11) is 0. The highest BCUT2D eigenvalue weighted by Crippen LogP contribution is 2.31. The molecule has 1 aliphatic rings. The summed E-state index contributed by atoms with van der Waals surface area (Å²) in [6.45, 7) is 4.27. The molecule has 1 aromatic rings. The SMILES string of the molecule is CCOC(=O)C1=C(CCl)N(CC)C(=O)N[C@H]1c1ccccc1. The van der Waals surface area contributed by atoms with E-state index in [-0.39, 0.29) is 18.5 Å². The van der Waals surface area contributed by atoms with Gasteiger partial charge in [-0.25, -0.2) is 9.59 Å². The number of allylic oxidation sites excluding steroid dienone is 1. The molecule has 0 radical (unpaired) electrons. The van der Waals surface area contributed by atoms with Crippen molar-refractivity contribution in [1.29, 1.82) is 0 Å². The number of esters is 1. The smallest absolute Gasteiger partial charge is 0.338 e. The predicted octanol–water partition coefficient (Wildman–Crippen LogP) is 2.83. The molecule has 0 aromatic heterocycles. The van der Waals surface area contributed by atoms with Gasteiger partial charge in [0.15, 0.2) is 0 Å². The third-order valence-electron chi connectivity index (χ3n) is 3.51. The Morgan fingerprint density at radius 2 is 2.00 bits per heavy atom. The van der Waals surface area contributed by atoms with Crippen LogP contribution in [-0.2, 0) is 9.53 Å². The van der Waals surface area contributed by atoms with Crippen molar-refractivity contribution < 1.29 is 14.3 Å². The maximum absolute atomic E-state index is 12.4. The van der Waals surface area contributed by atoms with Gasteiger partial charge in [-0.05, 0) is 19.4 Å². The van der Waals surface area contributed by atoms with Gasteiger partial charge in [-0.3, -0.25) is 4.90 Å². The normalized spacial score (nSPS) is 18.2. The minimum absolute atomic E-state index is 0.0682. The Bertz CT molecular complexity index is 586. The van der Waals surface area contributed by atoms with Gasteiger partial charge in [0.2, 0.25) is 0 Å². The molecular weight excluding hydrogens is 304 g/mol. The molecule has 6 heteroatoms. The molecule has 2 amide bonds. The van der Waals surface area contributed by atoms with Crippen molar-refractivity contribution in [3.8, 4) is 0 Å². The summed E-state index contributed by atoms with van der Waals surface area (Å²) in [6.07, 6.45) is 0. The van der Waals surface area contributed by atoms with Crippen LogP contribution in [0, 0.1) is 0 Å². The van der Waals surface area contributed by atoms with Crippen LogP contribution in [0.5, 0.6) is 0 Å². The number of halogens is 1. The number of hydrogen-bond donors (Lipinski definition) is 1. The third kappa shape index (κ3) is 3.09. The molecule has 0 spiro atoms. The van der Waals surface area contributed by atoms with Gasteiger partial charge in [-0.2, -0.15) is 0 Å². The summed E-state index contributed by atoms with van der Waals surface area (Å²) in [6, 6.07) is 8.50. The second-order valence-electron chi connectivity index (χ2n) is 4.75. The molecule has 0 saturated heterocycles. The van der Waals surface area contributed by atoms with Gasteiger partial charge < -0.3 is 10.1 Å². The van der Waals surface area contributed by atoms with Gasteiger partial charge in [0.25, 0.3) is 0 Å². The van der Waals surface area contributed by atoms with E-state index in [0.29, 0.717) is 17.8 Å². The van der Waals surface area contributed by atoms with Crippen LogP contribution in [0.2, 0.25) is 0 Å². The van der Waals surface area contributed by atoms with E-state index < -0.39 is 12.0 Å². The van der Waals surface area contributed by atoms with Crippen LogP contribution in [-0.4, -0.2) is 35.9 Å². The number of carbonyl (C=O) groups excluding carboxylic acids is 2. The standard InChI is InChI=1S/C16H19ClN2O3/c1-3-19-12(10-17)13(15(20)22-4-2)14(18-16(19)21)11-8-6-5-7-9-11/h5-9,14H,3-4,10H2,1-2H3,(H,18,21)/t14-/m0/s1. The number of benzene rings is 1. The zero-order valence-electron chi connectivity index (χ0n) is 12.6. The molecule has 5 nitrogen and oxygen atoms in total. The largest absolute Gasteiger partial charge is 0.463 e. The van der Waals surface area contributed by atoms with Crippen LogP contribution in [0.3, 0.4) is 0 Å². The van der Waals surface area contributed by atoms with Crippen molar-refractivity contribution in [2.75, 3.05) is 19.0 Å². The predicted molar refractivity (Wildman–Crippen MR) is 84.5 cm³/mol. The van der Waals surface area contributed by atoms with E-state index in [1.165, 1.54) is 4.90 Å². The number of ether oxygens (including phenoxy) is 1. The lowest BCUT2D eigenvalue weighted by Gasteiger charge is -2.35. The van der Waals surface area contributed by atoms with E-state index in [4.69, 9.17) is 16.3 Å². The van der Waals surface area contributed by atoms with Crippen LogP contribution in [0.1, 0.15) is 25.5 Å². The van der Waals surface area contributed by atoms with Crippen molar-refractivity contribution in [2.45, 2.75) is 19.9 Å². The molecule has 1 N–H and O–H groups in total. The van der Waals surface area contributed by atoms with Crippen LogP contribution < -0.4 is 5.32 Å². The number of hydrogen-bond acceptors (Lipinski definition) is 3. The molecule has 0 unspecified atom stereocenters. The fourth-order valence-electron chi connectivity index (χ4n) is 2.53. The lowest BCUT2D eigenvalue weighted by atomic mass is 9.95. The molecule has 2 rings (SSSR count). The summed E-state index contributed by atoms with van der Waals surface area (Å²) in [4.78, 5) is 26.1. The molecule has 0 saturated carbocycles. The van der Waals surface area contributed by atoms with Crippen LogP contribution in [0.4, 0.5) is 4.79 Å². The molecule has 0 fully saturated rings. The van der Waals surface area contributed by atoms with Gasteiger partial charge >= 0.3 is 12.0 Å². The average Bonchev–Trinajstić information content (AvgIpc) is 2.54. The fourth-order valence-corrected chi connectivity index (χ4v) is 2.81. The number of nitrogens with one attached hydrogen (secondary N) is 1. The Kier molecular flexibility index (Phi) is 5.44. The molecule has 118 valence electrons. The second kappa shape index (κ2) is 7.31. The Labute approximate surface area is 134 Å². The maximum atomic E-state index is 12.4. The van der Waals surface area contributed by atoms with Crippen molar-refractivity contribution in [3.05, 3.63) is 47.2 Å². The van der Waals surface area contributed by atoms with E-state index in [1.54, 1.807) is 6.92 Å². The Morgan fingerprint density at radius 1 is 1.32 bits per heavy atom. The second-order valence-corrected chi connectivity index (χ2v) is 5.02. The number of urea groups is 1. The molecule has 0 aliphatic carbocycles. The molecular formula is C16H19ClN2O3. The topological polar surface area (TPSA) is 58.6 Å². The maximum Gasteiger partial charge on any atom is 0.338 e. The first-order valence-corrected chi connectivity index (χ1v) is 7.76. The Hall–Kier alpha value is -2.01. The minimum Gasteiger partial charge on any atom is -0.463 e. The quantitative estimate of drug-likeness (QED) is 0.670. The van der Waals surface area contributed by atoms with Crippen molar-refractivity contribution in [3.63, 3.8) is 0 Å². The summed E-state index contributed by atoms with van der Waals surface area (Å²) in [5.41, 5.74) is 1.71. The first-order valence-electron chi connectivity index (χ1n) is 7.23. The first kappa shape index (κ1) is 16.4. The summed E-state index contributed by atoms with van der Waals surface area (Å²) in [5, 5.41) is 2.86. The van der Waals surface area contributed by atoms with E-state index >= 15 is 0 Å². The van der Waals surface area contributed by atoms with E-state index in [9.17, 15) is 9.59 Å². The first-order chi connectivity index (χ1) is 10.6. The summed E-state index contributed by atoms with van der Waals surface area (Å²) >= 11 is 6.02. The van der Waals surface area contributed by atoms with Gasteiger partial charge in [-0.1, -0.05) is 30.3 Å². The van der Waals surface area contributed by atoms with Crippen molar-refractivity contribution >= 4 is 23.6 Å². The molecule has 1 aliphatic heterocycles. The van der Waals surface area contributed by atoms with Gasteiger partial charge in [0.05, 0.1) is 29.8 Å². The van der Waals surface area contributed by atoms with Gasteiger partial charge in [0, 0.05) is 6.54 Å². The molecule has 22 heavy (non-hydrogen) atoms. The molecule has 1 aromatic carbocycles. The lowest BCUT2D eigenvalue weighted by molar-refractivity contribution is -0.139. The molecule has 0 bridgehead atoms. The number of nitrogens with zero attached hydrogens (tertiary/aromatic N) is 1. The lowest BCUT2D eigenvalue weighted by Crippen LogP contribution is -2.48. The van der Waals surface area contributed by atoms with Gasteiger partial charge in [-0.15, -0.1) is 11.6 Å². The number of alkyl halides is 1. The number of rotatable bonds is 5. The summed E-state index contributed by atoms with van der Waals surface area (Å²) in [5.74, 6) is -0.385. The fraction of sp³-hybridized carbons (Fsp3) is 0.375. The highest BCUT2D eigenvalue weighted by Gasteiger charge is 2.37. The van der Waals surface area contributed by atoms with Crippen LogP contribution >= 0.6 is 11.6 Å². The van der Waals surface area contributed by atoms with Crippen molar-refractivity contribution in [2.24, 2.45) is 0 Å². The summed E-state index contributed by atoms with van der Waals surface area (Å²) < 4.78 is 5.16. The minimum atomic E-state index is -0.552. The number of amides is 2.